The Hall–Kier alpha value is -1.16. The molecule has 1 aromatic rings. The number of ether oxygens (including phenoxy) is 1. The van der Waals surface area contributed by atoms with Crippen molar-refractivity contribution in [3.63, 3.8) is 0 Å². The Morgan fingerprint density at radius 3 is 2.79 bits per heavy atom. The second-order valence-corrected chi connectivity index (χ2v) is 3.96. The smallest absolute Gasteiger partial charge is 0.420 e. The first-order valence-corrected chi connectivity index (χ1v) is 5.41. The van der Waals surface area contributed by atoms with E-state index in [9.17, 15) is 4.79 Å². The third-order valence-corrected chi connectivity index (χ3v) is 3.06. The summed E-state index contributed by atoms with van der Waals surface area (Å²) in [5.74, 6) is 0.815. The van der Waals surface area contributed by atoms with Crippen molar-refractivity contribution in [1.29, 1.82) is 0 Å². The molecule has 1 fully saturated rings. The quantitative estimate of drug-likeness (QED) is 0.715. The number of nitrogens with zero attached hydrogens (tertiary/aromatic N) is 1. The van der Waals surface area contributed by atoms with Gasteiger partial charge in [0, 0.05) is 5.75 Å². The van der Waals surface area contributed by atoms with Gasteiger partial charge >= 0.3 is 6.09 Å². The van der Waals surface area contributed by atoms with Gasteiger partial charge in [0.1, 0.15) is 6.61 Å². The molecule has 0 aliphatic carbocycles. The minimum atomic E-state index is -0.217. The van der Waals surface area contributed by atoms with E-state index in [1.165, 1.54) is 17.5 Å². The van der Waals surface area contributed by atoms with Crippen LogP contribution in [0.5, 0.6) is 0 Å². The van der Waals surface area contributed by atoms with Crippen LogP contribution in [0.2, 0.25) is 0 Å². The molecule has 0 spiro atoms. The van der Waals surface area contributed by atoms with E-state index in [0.29, 0.717) is 13.2 Å². The fourth-order valence-electron chi connectivity index (χ4n) is 1.22. The number of benzene rings is 1. The maximum Gasteiger partial charge on any atom is 0.420 e. The molecule has 14 heavy (non-hydrogen) atoms. The molecule has 1 saturated heterocycles. The van der Waals surface area contributed by atoms with Crippen molar-refractivity contribution >= 4 is 18.0 Å². The van der Waals surface area contributed by atoms with Gasteiger partial charge in [-0.1, -0.05) is 30.3 Å². The number of hydrogen-bond donors (Lipinski definition) is 0. The molecule has 0 saturated carbocycles. The minimum Gasteiger partial charge on any atom is -0.447 e. The van der Waals surface area contributed by atoms with Gasteiger partial charge in [-0.15, -0.1) is 0 Å². The lowest BCUT2D eigenvalue weighted by molar-refractivity contribution is 0.171. The van der Waals surface area contributed by atoms with Crippen LogP contribution in [0.4, 0.5) is 4.79 Å². The van der Waals surface area contributed by atoms with Gasteiger partial charge < -0.3 is 4.74 Å². The number of hydrogen-bond acceptors (Lipinski definition) is 3. The lowest BCUT2D eigenvalue weighted by Crippen LogP contribution is -2.15. The summed E-state index contributed by atoms with van der Waals surface area (Å²) in [5.41, 5.74) is 1.22. The maximum atomic E-state index is 11.1. The summed E-state index contributed by atoms with van der Waals surface area (Å²) in [6.07, 6.45) is -0.217. The van der Waals surface area contributed by atoms with E-state index < -0.39 is 0 Å². The normalized spacial score (nSPS) is 15.7. The lowest BCUT2D eigenvalue weighted by atomic mass is 10.2. The highest BCUT2D eigenvalue weighted by Crippen LogP contribution is 2.20. The molecule has 1 heterocycles. The Morgan fingerprint density at radius 2 is 2.14 bits per heavy atom. The van der Waals surface area contributed by atoms with E-state index in [4.69, 9.17) is 4.74 Å². The summed E-state index contributed by atoms with van der Waals surface area (Å²) in [7, 11) is 0. The zero-order chi connectivity index (χ0) is 9.80. The van der Waals surface area contributed by atoms with Crippen molar-refractivity contribution in [2.45, 2.75) is 5.75 Å². The minimum absolute atomic E-state index is 0.217. The molecule has 0 N–H and O–H groups in total. The monoisotopic (exact) mass is 209 g/mol. The van der Waals surface area contributed by atoms with Gasteiger partial charge in [-0.3, -0.25) is 0 Å². The topological polar surface area (TPSA) is 29.5 Å². The van der Waals surface area contributed by atoms with Crippen molar-refractivity contribution in [1.82, 2.24) is 4.31 Å². The number of amides is 1. The molecule has 0 aromatic heterocycles. The van der Waals surface area contributed by atoms with Crippen LogP contribution in [-0.2, 0) is 10.5 Å². The molecule has 0 radical (unpaired) electrons. The molecule has 0 atom stereocenters. The number of carbonyl (C=O) groups is 1. The van der Waals surface area contributed by atoms with E-state index in [1.807, 2.05) is 18.2 Å². The van der Waals surface area contributed by atoms with Gasteiger partial charge in [-0.2, -0.15) is 0 Å². The molecule has 3 nitrogen and oxygen atoms in total. The molecular weight excluding hydrogens is 198 g/mol. The van der Waals surface area contributed by atoms with Crippen LogP contribution in [-0.4, -0.2) is 23.6 Å². The van der Waals surface area contributed by atoms with Gasteiger partial charge in [0.15, 0.2) is 0 Å². The first-order valence-electron chi connectivity index (χ1n) is 4.47. The van der Waals surface area contributed by atoms with Crippen molar-refractivity contribution in [3.8, 4) is 0 Å². The zero-order valence-corrected chi connectivity index (χ0v) is 8.50. The Bertz CT molecular complexity index is 315. The molecule has 1 amide bonds. The summed E-state index contributed by atoms with van der Waals surface area (Å²) < 4.78 is 6.48. The molecule has 1 aromatic carbocycles. The largest absolute Gasteiger partial charge is 0.447 e. The molecule has 4 heteroatoms. The second kappa shape index (κ2) is 4.37. The second-order valence-electron chi connectivity index (χ2n) is 2.98. The van der Waals surface area contributed by atoms with Gasteiger partial charge in [0.05, 0.1) is 6.54 Å². The molecule has 0 unspecified atom stereocenters. The van der Waals surface area contributed by atoms with Gasteiger partial charge in [-0.05, 0) is 17.5 Å². The first-order chi connectivity index (χ1) is 6.86. The average Bonchev–Trinajstić information content (AvgIpc) is 2.63. The van der Waals surface area contributed by atoms with Crippen LogP contribution in [0, 0.1) is 0 Å². The lowest BCUT2D eigenvalue weighted by Gasteiger charge is -2.10. The van der Waals surface area contributed by atoms with Crippen molar-refractivity contribution in [2.24, 2.45) is 0 Å². The Kier molecular flexibility index (Phi) is 2.93. The van der Waals surface area contributed by atoms with E-state index in [1.54, 1.807) is 4.31 Å². The van der Waals surface area contributed by atoms with Gasteiger partial charge in [-0.25, -0.2) is 9.10 Å². The number of rotatable bonds is 3. The van der Waals surface area contributed by atoms with Crippen molar-refractivity contribution in [2.75, 3.05) is 13.2 Å². The van der Waals surface area contributed by atoms with Crippen LogP contribution >= 0.6 is 11.9 Å². The maximum absolute atomic E-state index is 11.1. The number of carbonyl (C=O) groups excluding carboxylic acids is 1. The van der Waals surface area contributed by atoms with Crippen molar-refractivity contribution in [3.05, 3.63) is 35.9 Å². The van der Waals surface area contributed by atoms with Crippen LogP contribution in [0.1, 0.15) is 5.56 Å². The van der Waals surface area contributed by atoms with E-state index in [-0.39, 0.29) is 6.09 Å². The summed E-state index contributed by atoms with van der Waals surface area (Å²) in [6.45, 7) is 1.21. The van der Waals surface area contributed by atoms with E-state index in [2.05, 4.69) is 12.1 Å². The van der Waals surface area contributed by atoms with Crippen LogP contribution < -0.4 is 0 Å². The fraction of sp³-hybridized carbons (Fsp3) is 0.300. The van der Waals surface area contributed by atoms with Crippen LogP contribution in [0.25, 0.3) is 0 Å². The first kappa shape index (κ1) is 9.40. The summed E-state index contributed by atoms with van der Waals surface area (Å²) in [5, 5.41) is 0. The average molecular weight is 209 g/mol. The van der Waals surface area contributed by atoms with Crippen LogP contribution in [0.15, 0.2) is 30.3 Å². The highest BCUT2D eigenvalue weighted by Gasteiger charge is 2.22. The number of cyclic esters (lactones) is 1. The third kappa shape index (κ3) is 2.20. The summed E-state index contributed by atoms with van der Waals surface area (Å²) in [6, 6.07) is 10.1. The molecule has 1 aliphatic rings. The van der Waals surface area contributed by atoms with Crippen LogP contribution in [0.3, 0.4) is 0 Å². The molecule has 0 bridgehead atoms. The van der Waals surface area contributed by atoms with E-state index >= 15 is 0 Å². The zero-order valence-electron chi connectivity index (χ0n) is 7.68. The summed E-state index contributed by atoms with van der Waals surface area (Å²) >= 11 is 1.50. The standard InChI is InChI=1S/C10H11NO2S/c12-10-11(6-7-13-10)14-8-9-4-2-1-3-5-9/h1-5H,6-8H2. The molecular formula is C10H11NO2S. The Labute approximate surface area is 87.2 Å². The van der Waals surface area contributed by atoms with Gasteiger partial charge in [0.25, 0.3) is 0 Å². The predicted octanol–water partition coefficient (Wildman–Crippen LogP) is 2.29. The van der Waals surface area contributed by atoms with E-state index in [0.717, 1.165) is 5.75 Å². The summed E-state index contributed by atoms with van der Waals surface area (Å²) in [4.78, 5) is 11.1. The third-order valence-electron chi connectivity index (χ3n) is 1.95. The SMILES string of the molecule is O=C1OCCN1SCc1ccccc1. The highest BCUT2D eigenvalue weighted by atomic mass is 32.2. The molecule has 74 valence electrons. The molecule has 1 aliphatic heterocycles. The Balaban J connectivity index is 1.85. The van der Waals surface area contributed by atoms with Gasteiger partial charge in [0.2, 0.25) is 0 Å². The molecule has 2 rings (SSSR count). The fourth-order valence-corrected chi connectivity index (χ4v) is 2.08. The predicted molar refractivity (Wildman–Crippen MR) is 55.8 cm³/mol. The Morgan fingerprint density at radius 1 is 1.36 bits per heavy atom. The highest BCUT2D eigenvalue weighted by molar-refractivity contribution is 7.96. The van der Waals surface area contributed by atoms with Crippen molar-refractivity contribution < 1.29 is 9.53 Å².